The predicted molar refractivity (Wildman–Crippen MR) is 221 cm³/mol. The van der Waals surface area contributed by atoms with Crippen molar-refractivity contribution in [3.05, 3.63) is 142 Å². The molecule has 0 N–H and O–H groups in total. The molecule has 0 saturated heterocycles. The first-order valence-electron chi connectivity index (χ1n) is 18.1. The molecule has 8 nitrogen and oxygen atoms in total. The summed E-state index contributed by atoms with van der Waals surface area (Å²) in [5.41, 5.74) is 17.6. The zero-order valence-corrected chi connectivity index (χ0v) is 33.9. The van der Waals surface area contributed by atoms with Gasteiger partial charge in [0.05, 0.1) is 22.1 Å². The third kappa shape index (κ3) is 6.85. The van der Waals surface area contributed by atoms with Gasteiger partial charge in [0, 0.05) is 46.3 Å². The fourth-order valence-corrected chi connectivity index (χ4v) is 6.79. The maximum absolute atomic E-state index is 4.58. The number of aromatic nitrogens is 8. The van der Waals surface area contributed by atoms with Crippen LogP contribution in [0.2, 0.25) is 0 Å². The van der Waals surface area contributed by atoms with E-state index in [0.717, 1.165) is 44.1 Å². The Morgan fingerprint density at radius 2 is 0.636 bits per heavy atom. The van der Waals surface area contributed by atoms with Gasteiger partial charge >= 0.3 is 19.5 Å². The van der Waals surface area contributed by atoms with E-state index in [0.29, 0.717) is 11.6 Å². The first-order chi connectivity index (χ1) is 26.1. The van der Waals surface area contributed by atoms with Gasteiger partial charge in [-0.15, -0.1) is 0 Å². The minimum atomic E-state index is 0. The van der Waals surface area contributed by atoms with Crippen LogP contribution in [0.3, 0.4) is 0 Å². The summed E-state index contributed by atoms with van der Waals surface area (Å²) in [7, 11) is 0. The summed E-state index contributed by atoms with van der Waals surface area (Å²) in [6, 6.07) is 24.2. The summed E-state index contributed by atoms with van der Waals surface area (Å²) < 4.78 is 0. The van der Waals surface area contributed by atoms with Crippen LogP contribution in [-0.4, -0.2) is 29.9 Å². The third-order valence-electron chi connectivity index (χ3n) is 10.7. The van der Waals surface area contributed by atoms with Crippen LogP contribution in [0.5, 0.6) is 0 Å². The van der Waals surface area contributed by atoms with E-state index in [1.165, 1.54) is 66.1 Å². The van der Waals surface area contributed by atoms with Crippen LogP contribution in [0.4, 0.5) is 0 Å². The van der Waals surface area contributed by atoms with Crippen molar-refractivity contribution in [2.75, 3.05) is 0 Å². The zero-order chi connectivity index (χ0) is 37.7. The Bertz CT molecular complexity index is 2640. The van der Waals surface area contributed by atoms with Crippen LogP contribution >= 0.6 is 0 Å². The summed E-state index contributed by atoms with van der Waals surface area (Å²) in [6.45, 7) is 17.0. The summed E-state index contributed by atoms with van der Waals surface area (Å²) in [4.78, 5) is 36.1. The molecule has 272 valence electrons. The Labute approximate surface area is 332 Å². The number of pyridine rings is 4. The third-order valence-corrected chi connectivity index (χ3v) is 10.7. The molecule has 0 aliphatic heterocycles. The van der Waals surface area contributed by atoms with Crippen molar-refractivity contribution in [1.82, 2.24) is 39.9 Å². The molecule has 0 bridgehead atoms. The number of hydrogen-bond acceptors (Lipinski definition) is 6. The average Bonchev–Trinajstić information content (AvgIpc) is 3.83. The van der Waals surface area contributed by atoms with Crippen LogP contribution in [0.25, 0.3) is 77.3 Å². The molecule has 0 saturated carbocycles. The standard InChI is InChI=1S/2C16H16N2.C14H8N4.Ru/c2*1-9-7-17-15-13(11(9)3)5-6-14-12(4)10(2)8-18-16(14)15;1-2-6-10-9(5-1)15-13(16-10)14-17-11-7-3-4-8-12(11)18-14;/h2*5-8H,1-4H3;1-8H;/q;;-2;+2. The fourth-order valence-electron chi connectivity index (χ4n) is 6.79. The number of benzene rings is 4. The molecule has 0 amide bonds. The second-order valence-electron chi connectivity index (χ2n) is 14.1. The molecule has 10 aromatic rings. The number of aryl methyl sites for hydroxylation is 8. The van der Waals surface area contributed by atoms with Crippen molar-refractivity contribution in [2.24, 2.45) is 0 Å². The smallest absolute Gasteiger partial charge is 0.436 e. The summed E-state index contributed by atoms with van der Waals surface area (Å²) in [6.07, 6.45) is 7.75. The largest absolute Gasteiger partial charge is 2.00 e. The van der Waals surface area contributed by atoms with Crippen LogP contribution in [-0.2, 0) is 19.5 Å². The maximum atomic E-state index is 4.58. The van der Waals surface area contributed by atoms with Gasteiger partial charge in [0.1, 0.15) is 0 Å². The number of rotatable bonds is 1. The first kappa shape index (κ1) is 37.4. The number of para-hydroxylation sites is 4. The molecule has 0 atom stereocenters. The Morgan fingerprint density at radius 3 is 0.909 bits per heavy atom. The van der Waals surface area contributed by atoms with Gasteiger partial charge in [-0.05, 0) is 122 Å². The number of hydrogen-bond donors (Lipinski definition) is 0. The van der Waals surface area contributed by atoms with Gasteiger partial charge in [0.2, 0.25) is 0 Å². The molecule has 55 heavy (non-hydrogen) atoms. The van der Waals surface area contributed by atoms with Crippen molar-refractivity contribution in [2.45, 2.75) is 55.4 Å². The van der Waals surface area contributed by atoms with E-state index in [1.807, 2.05) is 73.3 Å². The quantitative estimate of drug-likeness (QED) is 0.119. The molecule has 0 unspecified atom stereocenters. The van der Waals surface area contributed by atoms with Crippen LogP contribution in [0.15, 0.2) is 97.6 Å². The van der Waals surface area contributed by atoms with E-state index in [4.69, 9.17) is 0 Å². The van der Waals surface area contributed by atoms with Crippen LogP contribution in [0.1, 0.15) is 44.5 Å². The zero-order valence-electron chi connectivity index (χ0n) is 32.2. The van der Waals surface area contributed by atoms with Gasteiger partial charge in [-0.1, -0.05) is 84.4 Å². The minimum Gasteiger partial charge on any atom is -0.436 e. The Kier molecular flexibility index (Phi) is 10.3. The Balaban J connectivity index is 0.000000126. The molecule has 0 spiro atoms. The van der Waals surface area contributed by atoms with E-state index in [9.17, 15) is 0 Å². The molecular formula is C46H40N8Ru. The summed E-state index contributed by atoms with van der Waals surface area (Å²) in [5, 5.41) is 4.83. The normalized spacial score (nSPS) is 11.1. The van der Waals surface area contributed by atoms with E-state index in [2.05, 4.69) is 120 Å². The minimum absolute atomic E-state index is 0. The van der Waals surface area contributed by atoms with E-state index < -0.39 is 0 Å². The van der Waals surface area contributed by atoms with Gasteiger partial charge in [-0.2, -0.15) is 0 Å². The molecular weight excluding hydrogens is 766 g/mol. The average molecular weight is 806 g/mol. The molecule has 0 aliphatic rings. The van der Waals surface area contributed by atoms with Crippen molar-refractivity contribution in [3.8, 4) is 11.6 Å². The summed E-state index contributed by atoms with van der Waals surface area (Å²) >= 11 is 0. The molecule has 0 fully saturated rings. The summed E-state index contributed by atoms with van der Waals surface area (Å²) in [5.74, 6) is 1.18. The van der Waals surface area contributed by atoms with Crippen molar-refractivity contribution >= 4 is 65.7 Å². The number of nitrogens with zero attached hydrogens (tertiary/aromatic N) is 8. The van der Waals surface area contributed by atoms with E-state index in [1.54, 1.807) is 0 Å². The molecule has 10 rings (SSSR count). The van der Waals surface area contributed by atoms with Crippen molar-refractivity contribution < 1.29 is 19.5 Å². The molecule has 0 aliphatic carbocycles. The topological polar surface area (TPSA) is 106 Å². The van der Waals surface area contributed by atoms with Crippen LogP contribution in [0, 0.1) is 55.4 Å². The van der Waals surface area contributed by atoms with Crippen LogP contribution < -0.4 is 9.97 Å². The van der Waals surface area contributed by atoms with Gasteiger partial charge in [-0.25, -0.2) is 0 Å². The van der Waals surface area contributed by atoms with Gasteiger partial charge in [0.25, 0.3) is 0 Å². The molecule has 9 heteroatoms. The molecule has 6 heterocycles. The number of imidazole rings is 2. The molecule has 6 aromatic heterocycles. The fraction of sp³-hybridized carbons (Fsp3) is 0.174. The SMILES string of the molecule is Cc1cnc2c(ccc3c(C)c(C)cnc32)c1C.Cc1cnc2c(ccc3c(C)c(C)cnc32)c1C.[Ru+2].c1ccc2[n-]c(-c3nc4ccccc4[n-]3)nc2c1. The molecule has 0 radical (unpaired) electrons. The van der Waals surface area contributed by atoms with E-state index >= 15 is 0 Å². The van der Waals surface area contributed by atoms with E-state index in [-0.39, 0.29) is 19.5 Å². The van der Waals surface area contributed by atoms with Crippen molar-refractivity contribution in [3.63, 3.8) is 0 Å². The van der Waals surface area contributed by atoms with Gasteiger partial charge in [0.15, 0.2) is 0 Å². The van der Waals surface area contributed by atoms with Gasteiger partial charge < -0.3 is 19.9 Å². The second kappa shape index (κ2) is 15.1. The first-order valence-corrected chi connectivity index (χ1v) is 18.1. The number of fused-ring (bicyclic) bond motifs is 8. The Hall–Kier alpha value is -5.92. The monoisotopic (exact) mass is 806 g/mol. The maximum Gasteiger partial charge on any atom is 2.00 e. The predicted octanol–water partition coefficient (Wildman–Crippen LogP) is 10.4. The second-order valence-corrected chi connectivity index (χ2v) is 14.1. The molecule has 4 aromatic carbocycles. The van der Waals surface area contributed by atoms with Gasteiger partial charge in [-0.3, -0.25) is 19.9 Å². The van der Waals surface area contributed by atoms with Crippen molar-refractivity contribution in [1.29, 1.82) is 0 Å². The Morgan fingerprint density at radius 1 is 0.364 bits per heavy atom.